The van der Waals surface area contributed by atoms with Crippen LogP contribution in [0.15, 0.2) is 42.6 Å². The molecule has 4 N–H and O–H groups in total. The van der Waals surface area contributed by atoms with Crippen molar-refractivity contribution in [2.75, 3.05) is 11.5 Å². The monoisotopic (exact) mass is 302 g/mol. The number of rotatable bonds is 2. The zero-order valence-corrected chi connectivity index (χ0v) is 12.5. The number of nitrogen functional groups attached to an aromatic ring is 2. The Morgan fingerprint density at radius 1 is 1.04 bits per heavy atom. The van der Waals surface area contributed by atoms with E-state index in [1.165, 1.54) is 0 Å². The van der Waals surface area contributed by atoms with Crippen LogP contribution in [-0.4, -0.2) is 15.0 Å². The second kappa shape index (κ2) is 5.73. The Hall–Kier alpha value is -3.46. The van der Waals surface area contributed by atoms with E-state index in [-0.39, 0.29) is 5.95 Å². The first-order valence-corrected chi connectivity index (χ1v) is 6.95. The summed E-state index contributed by atoms with van der Waals surface area (Å²) in [5.41, 5.74) is 15.9. The molecule has 0 spiro atoms. The summed E-state index contributed by atoms with van der Waals surface area (Å²) in [4.78, 5) is 12.7. The summed E-state index contributed by atoms with van der Waals surface area (Å²) in [6, 6.07) is 12.9. The first kappa shape index (κ1) is 14.5. The minimum atomic E-state index is 0.187. The summed E-state index contributed by atoms with van der Waals surface area (Å²) in [5.74, 6) is 0.628. The van der Waals surface area contributed by atoms with Gasteiger partial charge in [-0.05, 0) is 31.2 Å². The highest BCUT2D eigenvalue weighted by Crippen LogP contribution is 2.33. The molecule has 0 saturated heterocycles. The minimum Gasteiger partial charge on any atom is -0.384 e. The number of hydrogen-bond donors (Lipinski definition) is 2. The third kappa shape index (κ3) is 2.80. The Morgan fingerprint density at radius 2 is 1.87 bits per heavy atom. The van der Waals surface area contributed by atoms with Gasteiger partial charge in [0.15, 0.2) is 0 Å². The van der Waals surface area contributed by atoms with E-state index in [0.717, 1.165) is 22.4 Å². The average Bonchev–Trinajstić information content (AvgIpc) is 2.55. The maximum atomic E-state index is 9.10. The summed E-state index contributed by atoms with van der Waals surface area (Å²) in [7, 11) is 0. The van der Waals surface area contributed by atoms with Crippen molar-refractivity contribution in [3.05, 3.63) is 53.9 Å². The molecule has 3 rings (SSSR count). The van der Waals surface area contributed by atoms with Crippen LogP contribution in [0.2, 0.25) is 0 Å². The van der Waals surface area contributed by atoms with Gasteiger partial charge in [0, 0.05) is 22.9 Å². The van der Waals surface area contributed by atoms with Crippen molar-refractivity contribution in [2.45, 2.75) is 6.92 Å². The lowest BCUT2D eigenvalue weighted by molar-refractivity contribution is 1.12. The first-order valence-electron chi connectivity index (χ1n) is 6.95. The predicted molar refractivity (Wildman–Crippen MR) is 89.0 cm³/mol. The molecule has 0 aliphatic heterocycles. The van der Waals surface area contributed by atoms with Gasteiger partial charge in [-0.3, -0.25) is 0 Å². The fourth-order valence-corrected chi connectivity index (χ4v) is 2.44. The maximum absolute atomic E-state index is 9.10. The molecular formula is C17H14N6. The summed E-state index contributed by atoms with van der Waals surface area (Å²) in [6.45, 7) is 1.86. The Labute approximate surface area is 133 Å². The molecule has 0 aliphatic carbocycles. The van der Waals surface area contributed by atoms with Gasteiger partial charge in [0.2, 0.25) is 5.95 Å². The maximum Gasteiger partial charge on any atom is 0.220 e. The van der Waals surface area contributed by atoms with Crippen LogP contribution in [0, 0.1) is 18.3 Å². The summed E-state index contributed by atoms with van der Waals surface area (Å²) >= 11 is 0. The SMILES string of the molecule is Cc1nc(N)nc(-c2cccc(C#N)c2)c1-c1ccc(N)nc1. The highest BCUT2D eigenvalue weighted by molar-refractivity contribution is 5.83. The van der Waals surface area contributed by atoms with Gasteiger partial charge in [0.1, 0.15) is 5.82 Å². The van der Waals surface area contributed by atoms with Crippen molar-refractivity contribution in [3.63, 3.8) is 0 Å². The topological polar surface area (TPSA) is 114 Å². The van der Waals surface area contributed by atoms with Crippen LogP contribution < -0.4 is 11.5 Å². The third-order valence-corrected chi connectivity index (χ3v) is 3.45. The van der Waals surface area contributed by atoms with E-state index >= 15 is 0 Å². The second-order valence-corrected chi connectivity index (χ2v) is 5.06. The second-order valence-electron chi connectivity index (χ2n) is 5.06. The van der Waals surface area contributed by atoms with Gasteiger partial charge in [0.05, 0.1) is 23.0 Å². The van der Waals surface area contributed by atoms with Crippen molar-refractivity contribution in [2.24, 2.45) is 0 Å². The number of pyridine rings is 1. The number of hydrogen-bond acceptors (Lipinski definition) is 6. The molecular weight excluding hydrogens is 288 g/mol. The smallest absolute Gasteiger partial charge is 0.220 e. The molecule has 6 nitrogen and oxygen atoms in total. The molecule has 0 aliphatic rings. The van der Waals surface area contributed by atoms with Crippen molar-refractivity contribution in [3.8, 4) is 28.5 Å². The molecule has 2 heterocycles. The number of nitriles is 1. The number of anilines is 2. The number of benzene rings is 1. The van der Waals surface area contributed by atoms with E-state index in [0.29, 0.717) is 17.1 Å². The zero-order valence-electron chi connectivity index (χ0n) is 12.5. The van der Waals surface area contributed by atoms with Crippen LogP contribution in [0.3, 0.4) is 0 Å². The molecule has 0 fully saturated rings. The molecule has 0 bridgehead atoms. The molecule has 23 heavy (non-hydrogen) atoms. The number of aromatic nitrogens is 3. The number of nitrogens with two attached hydrogens (primary N) is 2. The van der Waals surface area contributed by atoms with Gasteiger partial charge in [0.25, 0.3) is 0 Å². The summed E-state index contributed by atoms with van der Waals surface area (Å²) < 4.78 is 0. The fraction of sp³-hybridized carbons (Fsp3) is 0.0588. The normalized spacial score (nSPS) is 10.3. The Morgan fingerprint density at radius 3 is 2.57 bits per heavy atom. The Balaban J connectivity index is 2.27. The minimum absolute atomic E-state index is 0.187. The quantitative estimate of drug-likeness (QED) is 0.751. The summed E-state index contributed by atoms with van der Waals surface area (Å²) in [5, 5.41) is 9.10. The lowest BCUT2D eigenvalue weighted by Gasteiger charge is -2.13. The lowest BCUT2D eigenvalue weighted by atomic mass is 9.98. The molecule has 2 aromatic heterocycles. The standard InChI is InChI=1S/C17H14N6/c1-10-15(13-5-6-14(19)21-9-13)16(23-17(20)22-10)12-4-2-3-11(7-12)8-18/h2-7,9H,1H3,(H2,19,21)(H2,20,22,23). The van der Waals surface area contributed by atoms with E-state index in [2.05, 4.69) is 21.0 Å². The van der Waals surface area contributed by atoms with Gasteiger partial charge in [-0.15, -0.1) is 0 Å². The van der Waals surface area contributed by atoms with Crippen molar-refractivity contribution < 1.29 is 0 Å². The van der Waals surface area contributed by atoms with Crippen molar-refractivity contribution in [1.29, 1.82) is 5.26 Å². The molecule has 112 valence electrons. The molecule has 3 aromatic rings. The molecule has 6 heteroatoms. The van der Waals surface area contributed by atoms with E-state index < -0.39 is 0 Å². The van der Waals surface area contributed by atoms with Crippen LogP contribution in [-0.2, 0) is 0 Å². The molecule has 0 amide bonds. The average molecular weight is 302 g/mol. The molecule has 0 unspecified atom stereocenters. The van der Waals surface area contributed by atoms with Crippen LogP contribution in [0.4, 0.5) is 11.8 Å². The van der Waals surface area contributed by atoms with E-state index in [4.69, 9.17) is 16.7 Å². The van der Waals surface area contributed by atoms with E-state index in [9.17, 15) is 0 Å². The van der Waals surface area contributed by atoms with Crippen LogP contribution >= 0.6 is 0 Å². The van der Waals surface area contributed by atoms with Gasteiger partial charge in [-0.2, -0.15) is 5.26 Å². The van der Waals surface area contributed by atoms with Gasteiger partial charge < -0.3 is 11.5 Å². The van der Waals surface area contributed by atoms with Gasteiger partial charge in [-0.1, -0.05) is 12.1 Å². The zero-order chi connectivity index (χ0) is 16.4. The van der Waals surface area contributed by atoms with Crippen LogP contribution in [0.1, 0.15) is 11.3 Å². The third-order valence-electron chi connectivity index (χ3n) is 3.45. The van der Waals surface area contributed by atoms with Crippen LogP contribution in [0.25, 0.3) is 22.4 Å². The fourth-order valence-electron chi connectivity index (χ4n) is 2.44. The van der Waals surface area contributed by atoms with E-state index in [1.807, 2.05) is 25.1 Å². The summed E-state index contributed by atoms with van der Waals surface area (Å²) in [6.07, 6.45) is 1.68. The highest BCUT2D eigenvalue weighted by atomic mass is 15.0. The predicted octanol–water partition coefficient (Wildman–Crippen LogP) is 2.55. The molecule has 1 aromatic carbocycles. The number of aryl methyl sites for hydroxylation is 1. The Kier molecular flexibility index (Phi) is 3.61. The number of nitrogens with zero attached hydrogens (tertiary/aromatic N) is 4. The largest absolute Gasteiger partial charge is 0.384 e. The molecule has 0 saturated carbocycles. The van der Waals surface area contributed by atoms with Crippen LogP contribution in [0.5, 0.6) is 0 Å². The first-order chi connectivity index (χ1) is 11.1. The lowest BCUT2D eigenvalue weighted by Crippen LogP contribution is -2.03. The highest BCUT2D eigenvalue weighted by Gasteiger charge is 2.15. The Bertz CT molecular complexity index is 909. The van der Waals surface area contributed by atoms with E-state index in [1.54, 1.807) is 24.4 Å². The molecule has 0 radical (unpaired) electrons. The van der Waals surface area contributed by atoms with Gasteiger partial charge in [-0.25, -0.2) is 15.0 Å². The van der Waals surface area contributed by atoms with Gasteiger partial charge >= 0.3 is 0 Å². The van der Waals surface area contributed by atoms with Crippen molar-refractivity contribution in [1.82, 2.24) is 15.0 Å². The molecule has 0 atom stereocenters. The van der Waals surface area contributed by atoms with Crippen molar-refractivity contribution >= 4 is 11.8 Å².